The van der Waals surface area contributed by atoms with Gasteiger partial charge in [-0.15, -0.1) is 0 Å². The molecule has 78 valence electrons. The van der Waals surface area contributed by atoms with E-state index in [0.717, 1.165) is 0 Å². The second-order valence-electron chi connectivity index (χ2n) is 2.45. The first-order chi connectivity index (χ1) is 7.17. The highest BCUT2D eigenvalue weighted by atomic mass is 79.9. The Hall–Kier alpha value is -1.06. The molecule has 0 fully saturated rings. The lowest BCUT2D eigenvalue weighted by atomic mass is 10.3. The summed E-state index contributed by atoms with van der Waals surface area (Å²) in [5, 5.41) is 11.3. The van der Waals surface area contributed by atoms with Gasteiger partial charge in [-0.3, -0.25) is 5.32 Å². The van der Waals surface area contributed by atoms with Crippen LogP contribution in [0.5, 0.6) is 0 Å². The molecule has 1 rings (SSSR count). The number of nitriles is 1. The standard InChI is InChI=1S/C9H7BrFN3S/c1-15-9(13-5-12)14-8-4-6(11)2-3-7(8)10/h2-4H,1H3,(H,13,14). The molecule has 3 nitrogen and oxygen atoms in total. The third-order valence-electron chi connectivity index (χ3n) is 1.49. The highest BCUT2D eigenvalue weighted by Gasteiger charge is 2.02. The van der Waals surface area contributed by atoms with Gasteiger partial charge in [0.05, 0.1) is 5.69 Å². The van der Waals surface area contributed by atoms with E-state index in [1.54, 1.807) is 18.5 Å². The highest BCUT2D eigenvalue weighted by molar-refractivity contribution is 9.10. The maximum Gasteiger partial charge on any atom is 0.183 e. The van der Waals surface area contributed by atoms with Gasteiger partial charge in [-0.1, -0.05) is 11.8 Å². The number of thioether (sulfide) groups is 1. The van der Waals surface area contributed by atoms with Gasteiger partial charge >= 0.3 is 0 Å². The van der Waals surface area contributed by atoms with E-state index in [0.29, 0.717) is 15.3 Å². The molecule has 6 heteroatoms. The smallest absolute Gasteiger partial charge is 0.183 e. The van der Waals surface area contributed by atoms with Gasteiger partial charge in [0.25, 0.3) is 0 Å². The van der Waals surface area contributed by atoms with Crippen molar-refractivity contribution in [1.29, 1.82) is 5.26 Å². The lowest BCUT2D eigenvalue weighted by Crippen LogP contribution is -2.12. The molecule has 0 radical (unpaired) electrons. The molecule has 1 N–H and O–H groups in total. The second kappa shape index (κ2) is 5.73. The van der Waals surface area contributed by atoms with Gasteiger partial charge in [-0.25, -0.2) is 9.38 Å². The lowest BCUT2D eigenvalue weighted by molar-refractivity contribution is 0.628. The first-order valence-corrected chi connectivity index (χ1v) is 5.92. The minimum absolute atomic E-state index is 0.366. The van der Waals surface area contributed by atoms with Crippen LogP contribution in [-0.4, -0.2) is 11.4 Å². The molecule has 0 heterocycles. The Morgan fingerprint density at radius 1 is 1.67 bits per heavy atom. The average Bonchev–Trinajstić information content (AvgIpc) is 2.22. The summed E-state index contributed by atoms with van der Waals surface area (Å²) in [6.45, 7) is 0. The van der Waals surface area contributed by atoms with Crippen LogP contribution < -0.4 is 5.32 Å². The van der Waals surface area contributed by atoms with Crippen LogP contribution in [0.3, 0.4) is 0 Å². The summed E-state index contributed by atoms with van der Waals surface area (Å²) < 4.78 is 13.6. The van der Waals surface area contributed by atoms with E-state index in [2.05, 4.69) is 26.2 Å². The number of halogens is 2. The molecule has 0 aromatic heterocycles. The molecule has 1 aromatic carbocycles. The molecule has 0 amide bonds. The van der Waals surface area contributed by atoms with Crippen LogP contribution in [0.4, 0.5) is 10.1 Å². The Morgan fingerprint density at radius 2 is 2.40 bits per heavy atom. The summed E-state index contributed by atoms with van der Waals surface area (Å²) in [6, 6.07) is 4.19. The molecule has 0 bridgehead atoms. The molecular weight excluding hydrogens is 281 g/mol. The summed E-state index contributed by atoms with van der Waals surface area (Å²) in [5.74, 6) is -0.366. The van der Waals surface area contributed by atoms with E-state index in [-0.39, 0.29) is 5.82 Å². The van der Waals surface area contributed by atoms with Gasteiger partial charge in [0.1, 0.15) is 5.82 Å². The van der Waals surface area contributed by atoms with Crippen LogP contribution in [0.2, 0.25) is 0 Å². The fraction of sp³-hybridized carbons (Fsp3) is 0.111. The van der Waals surface area contributed by atoms with Crippen molar-refractivity contribution in [3.05, 3.63) is 28.5 Å². The van der Waals surface area contributed by atoms with Crippen molar-refractivity contribution >= 4 is 38.5 Å². The number of benzene rings is 1. The van der Waals surface area contributed by atoms with E-state index in [1.165, 1.54) is 23.9 Å². The maximum absolute atomic E-state index is 12.9. The Morgan fingerprint density at radius 3 is 3.00 bits per heavy atom. The van der Waals surface area contributed by atoms with Crippen LogP contribution >= 0.6 is 27.7 Å². The predicted molar refractivity (Wildman–Crippen MR) is 63.5 cm³/mol. The Labute approximate surface area is 99.5 Å². The SMILES string of the molecule is CSC(=Nc1cc(F)ccc1Br)NC#N. The van der Waals surface area contributed by atoms with E-state index >= 15 is 0 Å². The van der Waals surface area contributed by atoms with Gasteiger partial charge in [-0.05, 0) is 34.3 Å². The van der Waals surface area contributed by atoms with Gasteiger partial charge in [0.2, 0.25) is 0 Å². The van der Waals surface area contributed by atoms with E-state index in [1.807, 2.05) is 0 Å². The van der Waals surface area contributed by atoms with Gasteiger partial charge < -0.3 is 0 Å². The van der Waals surface area contributed by atoms with Crippen molar-refractivity contribution in [1.82, 2.24) is 5.32 Å². The molecule has 1 aromatic rings. The van der Waals surface area contributed by atoms with E-state index in [9.17, 15) is 4.39 Å². The largest absolute Gasteiger partial charge is 0.271 e. The Bertz CT molecular complexity index is 428. The quantitative estimate of drug-likeness (QED) is 0.374. The van der Waals surface area contributed by atoms with Crippen LogP contribution in [-0.2, 0) is 0 Å². The minimum Gasteiger partial charge on any atom is -0.271 e. The summed E-state index contributed by atoms with van der Waals surface area (Å²) >= 11 is 4.52. The zero-order valence-corrected chi connectivity index (χ0v) is 10.2. The molecule has 0 atom stereocenters. The van der Waals surface area contributed by atoms with Crippen molar-refractivity contribution in [2.24, 2.45) is 4.99 Å². The van der Waals surface area contributed by atoms with Gasteiger partial charge in [-0.2, -0.15) is 5.26 Å². The molecular formula is C9H7BrFN3S. The molecule has 0 aliphatic heterocycles. The highest BCUT2D eigenvalue weighted by Crippen LogP contribution is 2.26. The van der Waals surface area contributed by atoms with Crippen molar-refractivity contribution in [3.63, 3.8) is 0 Å². The number of nitrogens with zero attached hydrogens (tertiary/aromatic N) is 2. The van der Waals surface area contributed by atoms with Crippen LogP contribution in [0.1, 0.15) is 0 Å². The van der Waals surface area contributed by atoms with Crippen LogP contribution in [0.15, 0.2) is 27.7 Å². The van der Waals surface area contributed by atoms with Gasteiger partial charge in [0.15, 0.2) is 11.4 Å². The molecule has 0 saturated carbocycles. The van der Waals surface area contributed by atoms with Crippen LogP contribution in [0.25, 0.3) is 0 Å². The van der Waals surface area contributed by atoms with Crippen LogP contribution in [0, 0.1) is 17.3 Å². The monoisotopic (exact) mass is 287 g/mol. The second-order valence-corrected chi connectivity index (χ2v) is 4.10. The third-order valence-corrected chi connectivity index (χ3v) is 2.74. The topological polar surface area (TPSA) is 48.2 Å². The summed E-state index contributed by atoms with van der Waals surface area (Å²) in [6.07, 6.45) is 3.54. The number of hydrogen-bond donors (Lipinski definition) is 1. The van der Waals surface area contributed by atoms with Crippen molar-refractivity contribution < 1.29 is 4.39 Å². The molecule has 0 aliphatic carbocycles. The molecule has 0 saturated heterocycles. The number of rotatable bonds is 1. The predicted octanol–water partition coefficient (Wildman–Crippen LogP) is 3.01. The zero-order chi connectivity index (χ0) is 11.3. The Kier molecular flexibility index (Phi) is 4.59. The number of hydrogen-bond acceptors (Lipinski definition) is 3. The number of aliphatic imine (C=N–C) groups is 1. The lowest BCUT2D eigenvalue weighted by Gasteiger charge is -2.01. The van der Waals surface area contributed by atoms with Crippen molar-refractivity contribution in [3.8, 4) is 6.19 Å². The molecule has 0 unspecified atom stereocenters. The zero-order valence-electron chi connectivity index (χ0n) is 7.79. The van der Waals surface area contributed by atoms with Gasteiger partial charge in [0, 0.05) is 10.5 Å². The van der Waals surface area contributed by atoms with Crippen molar-refractivity contribution in [2.45, 2.75) is 0 Å². The summed E-state index contributed by atoms with van der Waals surface area (Å²) in [5.41, 5.74) is 0.446. The number of amidine groups is 1. The minimum atomic E-state index is -0.366. The Balaban J connectivity index is 3.05. The molecule has 15 heavy (non-hydrogen) atoms. The number of nitrogens with one attached hydrogen (secondary N) is 1. The first-order valence-electron chi connectivity index (χ1n) is 3.90. The third kappa shape index (κ3) is 3.53. The normalized spacial score (nSPS) is 10.9. The van der Waals surface area contributed by atoms with Crippen molar-refractivity contribution in [2.75, 3.05) is 6.26 Å². The summed E-state index contributed by atoms with van der Waals surface area (Å²) in [4.78, 5) is 4.09. The fourth-order valence-corrected chi connectivity index (χ4v) is 1.53. The fourth-order valence-electron chi connectivity index (χ4n) is 0.853. The average molecular weight is 288 g/mol. The van der Waals surface area contributed by atoms with E-state index < -0.39 is 0 Å². The summed E-state index contributed by atoms with van der Waals surface area (Å²) in [7, 11) is 0. The maximum atomic E-state index is 12.9. The van der Waals surface area contributed by atoms with E-state index in [4.69, 9.17) is 5.26 Å². The first kappa shape index (κ1) is 12.0. The molecule has 0 spiro atoms. The molecule has 0 aliphatic rings.